The van der Waals surface area contributed by atoms with Crippen molar-refractivity contribution in [2.45, 2.75) is 37.9 Å². The summed E-state index contributed by atoms with van der Waals surface area (Å²) < 4.78 is 161. The van der Waals surface area contributed by atoms with Crippen molar-refractivity contribution in [3.05, 3.63) is 82.9 Å². The van der Waals surface area contributed by atoms with Crippen LogP contribution < -0.4 is 0 Å². The fourth-order valence-corrected chi connectivity index (χ4v) is 3.04. The van der Waals surface area contributed by atoms with Crippen LogP contribution in [0.15, 0.2) is 60.7 Å². The van der Waals surface area contributed by atoms with Crippen molar-refractivity contribution in [2.24, 2.45) is 0 Å². The van der Waals surface area contributed by atoms with E-state index in [-0.39, 0.29) is 11.1 Å². The maximum atomic E-state index is 13.3. The Hall–Kier alpha value is -2.96. The molecule has 35 heavy (non-hydrogen) atoms. The van der Waals surface area contributed by atoms with Gasteiger partial charge < -0.3 is 4.74 Å². The lowest BCUT2D eigenvalue weighted by Gasteiger charge is -2.18. The highest BCUT2D eigenvalue weighted by atomic mass is 19.4. The normalized spacial score (nSPS) is 14.4. The molecule has 0 saturated heterocycles. The van der Waals surface area contributed by atoms with E-state index in [1.54, 1.807) is 0 Å². The van der Waals surface area contributed by atoms with Crippen molar-refractivity contribution >= 4 is 11.1 Å². The molecule has 0 aliphatic heterocycles. The molecule has 0 atom stereocenters. The molecule has 0 aromatic heterocycles. The highest BCUT2D eigenvalue weighted by Gasteiger charge is 2.41. The second-order valence-corrected chi connectivity index (χ2v) is 7.00. The zero-order valence-electron chi connectivity index (χ0n) is 17.1. The topological polar surface area (TPSA) is 9.23 Å². The second kappa shape index (κ2) is 10.3. The average molecular weight is 522 g/mol. The van der Waals surface area contributed by atoms with Crippen molar-refractivity contribution in [3.8, 4) is 0 Å². The van der Waals surface area contributed by atoms with Gasteiger partial charge in [-0.15, -0.1) is 0 Å². The van der Waals surface area contributed by atoms with Gasteiger partial charge in [-0.1, -0.05) is 48.5 Å². The molecule has 0 spiro atoms. The van der Waals surface area contributed by atoms with E-state index in [2.05, 4.69) is 0 Å². The number of hydrogen-bond acceptors (Lipinski definition) is 1. The highest BCUT2D eigenvalue weighted by molar-refractivity contribution is 5.73. The number of alkyl halides is 12. The van der Waals surface area contributed by atoms with Crippen molar-refractivity contribution in [2.75, 3.05) is 0 Å². The van der Waals surface area contributed by atoms with Gasteiger partial charge in [0.05, 0.1) is 24.4 Å². The van der Waals surface area contributed by atoms with Gasteiger partial charge >= 0.3 is 24.7 Å². The predicted molar refractivity (Wildman–Crippen MR) is 102 cm³/mol. The molecule has 2 aromatic carbocycles. The monoisotopic (exact) mass is 522 g/mol. The number of ether oxygens (including phenoxy) is 1. The Morgan fingerprint density at radius 2 is 0.857 bits per heavy atom. The molecule has 0 bridgehead atoms. The molecule has 0 heterocycles. The van der Waals surface area contributed by atoms with E-state index in [1.807, 2.05) is 0 Å². The Balaban J connectivity index is 2.38. The summed E-state index contributed by atoms with van der Waals surface area (Å²) >= 11 is 0. The largest absolute Gasteiger partial charge is 0.417 e. The molecule has 192 valence electrons. The van der Waals surface area contributed by atoms with E-state index in [4.69, 9.17) is 4.74 Å². The predicted octanol–water partition coefficient (Wildman–Crippen LogP) is 8.42. The van der Waals surface area contributed by atoms with E-state index < -0.39 is 72.3 Å². The zero-order chi connectivity index (χ0) is 26.7. The van der Waals surface area contributed by atoms with Crippen LogP contribution in [0.3, 0.4) is 0 Å². The standard InChI is InChI=1S/C22H14F12O/c23-19(24,25)9-17(21(29,30)31)15-7-3-1-5-13(15)11-35-12-14-6-2-4-8-16(14)18(22(32,33)34)10-20(26,27)28/h1-10H,11-12H2. The van der Waals surface area contributed by atoms with Crippen LogP contribution in [0.2, 0.25) is 0 Å². The summed E-state index contributed by atoms with van der Waals surface area (Å²) in [5.41, 5.74) is -6.54. The van der Waals surface area contributed by atoms with Crippen LogP contribution in [0, 0.1) is 0 Å². The Labute approximate surface area is 190 Å². The molecule has 0 radical (unpaired) electrons. The lowest BCUT2D eigenvalue weighted by atomic mass is 9.98. The second-order valence-electron chi connectivity index (χ2n) is 7.00. The van der Waals surface area contributed by atoms with E-state index in [0.717, 1.165) is 36.4 Å². The van der Waals surface area contributed by atoms with Crippen LogP contribution in [0.4, 0.5) is 52.7 Å². The molecule has 13 heteroatoms. The fourth-order valence-electron chi connectivity index (χ4n) is 3.04. The molecule has 2 rings (SSSR count). The molecule has 2 aromatic rings. The van der Waals surface area contributed by atoms with Gasteiger partial charge in [-0.3, -0.25) is 0 Å². The number of hydrogen-bond donors (Lipinski definition) is 0. The van der Waals surface area contributed by atoms with Gasteiger partial charge in [-0.05, 0) is 22.3 Å². The Morgan fingerprint density at radius 3 is 1.14 bits per heavy atom. The number of benzene rings is 2. The van der Waals surface area contributed by atoms with Crippen LogP contribution in [0.25, 0.3) is 11.1 Å². The summed E-state index contributed by atoms with van der Waals surface area (Å²) in [6.07, 6.45) is -23.3. The summed E-state index contributed by atoms with van der Waals surface area (Å²) in [5, 5.41) is 0. The molecule has 0 aliphatic rings. The van der Waals surface area contributed by atoms with Gasteiger partial charge in [0.15, 0.2) is 0 Å². The van der Waals surface area contributed by atoms with E-state index >= 15 is 0 Å². The summed E-state index contributed by atoms with van der Waals surface area (Å²) in [5.74, 6) is 0. The molecule has 0 unspecified atom stereocenters. The highest BCUT2D eigenvalue weighted by Crippen LogP contribution is 2.40. The summed E-state index contributed by atoms with van der Waals surface area (Å²) in [6.45, 7) is -1.56. The SMILES string of the molecule is FC(F)(F)C=C(c1ccccc1COCc1ccccc1C(=CC(F)(F)F)C(F)(F)F)C(F)(F)F. The van der Waals surface area contributed by atoms with Crippen LogP contribution in [0.1, 0.15) is 22.3 Å². The minimum absolute atomic E-state index is 0.375. The third-order valence-corrected chi connectivity index (χ3v) is 4.36. The molecular formula is C22H14F12O. The smallest absolute Gasteiger partial charge is 0.372 e. The lowest BCUT2D eigenvalue weighted by molar-refractivity contribution is -0.0912. The molecule has 0 fully saturated rings. The van der Waals surface area contributed by atoms with Crippen LogP contribution in [0.5, 0.6) is 0 Å². The van der Waals surface area contributed by atoms with Crippen molar-refractivity contribution in [1.29, 1.82) is 0 Å². The van der Waals surface area contributed by atoms with Gasteiger partial charge in [-0.2, -0.15) is 52.7 Å². The van der Waals surface area contributed by atoms with Crippen molar-refractivity contribution < 1.29 is 57.4 Å². The Kier molecular flexibility index (Phi) is 8.36. The number of halogens is 12. The zero-order valence-corrected chi connectivity index (χ0v) is 17.1. The number of rotatable bonds is 6. The number of allylic oxidation sites excluding steroid dienone is 4. The molecule has 0 saturated carbocycles. The molecule has 0 aliphatic carbocycles. The summed E-state index contributed by atoms with van der Waals surface area (Å²) in [4.78, 5) is 0. The molecule has 1 nitrogen and oxygen atoms in total. The first-order valence-electron chi connectivity index (χ1n) is 9.36. The average Bonchev–Trinajstić information content (AvgIpc) is 2.68. The quantitative estimate of drug-likeness (QED) is 0.346. The minimum atomic E-state index is -5.40. The first-order chi connectivity index (χ1) is 15.9. The van der Waals surface area contributed by atoms with Gasteiger partial charge in [0.25, 0.3) is 0 Å². The minimum Gasteiger partial charge on any atom is -0.372 e. The van der Waals surface area contributed by atoms with E-state index in [9.17, 15) is 52.7 Å². The van der Waals surface area contributed by atoms with Gasteiger partial charge in [0.2, 0.25) is 0 Å². The van der Waals surface area contributed by atoms with Crippen LogP contribution >= 0.6 is 0 Å². The Bertz CT molecular complexity index is 984. The van der Waals surface area contributed by atoms with Crippen molar-refractivity contribution in [3.63, 3.8) is 0 Å². The first kappa shape index (κ1) is 28.3. The van der Waals surface area contributed by atoms with Crippen molar-refractivity contribution in [1.82, 2.24) is 0 Å². The van der Waals surface area contributed by atoms with Gasteiger partial charge in [0, 0.05) is 12.2 Å². The Morgan fingerprint density at radius 1 is 0.543 bits per heavy atom. The summed E-state index contributed by atoms with van der Waals surface area (Å²) in [7, 11) is 0. The van der Waals surface area contributed by atoms with Gasteiger partial charge in [-0.25, -0.2) is 0 Å². The van der Waals surface area contributed by atoms with Gasteiger partial charge in [0.1, 0.15) is 0 Å². The van der Waals surface area contributed by atoms with Crippen LogP contribution in [-0.2, 0) is 18.0 Å². The third-order valence-electron chi connectivity index (χ3n) is 4.36. The maximum absolute atomic E-state index is 13.3. The van der Waals surface area contributed by atoms with Crippen LogP contribution in [-0.4, -0.2) is 24.7 Å². The summed E-state index contributed by atoms with van der Waals surface area (Å²) in [6, 6.07) is 8.03. The van der Waals surface area contributed by atoms with E-state index in [1.165, 1.54) is 12.1 Å². The fraction of sp³-hybridized carbons (Fsp3) is 0.273. The first-order valence-corrected chi connectivity index (χ1v) is 9.36. The maximum Gasteiger partial charge on any atom is 0.417 e. The third kappa shape index (κ3) is 8.64. The lowest BCUT2D eigenvalue weighted by Crippen LogP contribution is -2.17. The van der Waals surface area contributed by atoms with E-state index in [0.29, 0.717) is 0 Å². The molecule has 0 N–H and O–H groups in total. The molecular weight excluding hydrogens is 508 g/mol. The molecule has 0 amide bonds.